The molecular weight excluding hydrogens is 494 g/mol. The van der Waals surface area contributed by atoms with Crippen molar-refractivity contribution in [1.29, 1.82) is 0 Å². The molecule has 0 fully saturated rings. The zero-order valence-corrected chi connectivity index (χ0v) is 19.5. The molecule has 0 unspecified atom stereocenters. The highest BCUT2D eigenvalue weighted by molar-refractivity contribution is 6.36. The number of hydrogen-bond donors (Lipinski definition) is 1. The van der Waals surface area contributed by atoms with E-state index in [1.54, 1.807) is 54.6 Å². The summed E-state index contributed by atoms with van der Waals surface area (Å²) in [7, 11) is 1.48. The fraction of sp³-hybridized carbons (Fsp3) is 0.0435. The minimum Gasteiger partial charge on any atom is -0.495 e. The van der Waals surface area contributed by atoms with Crippen molar-refractivity contribution in [3.8, 4) is 17.2 Å². The number of halogens is 4. The summed E-state index contributed by atoms with van der Waals surface area (Å²) in [6.07, 6.45) is 2.88. The SMILES string of the molecule is COc1c(Cl)cc(Cl)cc1C=CC(=O)Nc1cc(-c2nc3cc(Cl)ccc3o2)ccc1Cl. The van der Waals surface area contributed by atoms with Crippen molar-refractivity contribution in [1.82, 2.24) is 4.98 Å². The van der Waals surface area contributed by atoms with Crippen molar-refractivity contribution >= 4 is 75.2 Å². The lowest BCUT2D eigenvalue weighted by molar-refractivity contribution is -0.111. The summed E-state index contributed by atoms with van der Waals surface area (Å²) in [5.74, 6) is 0.381. The third-order valence-corrected chi connectivity index (χ3v) is 5.54. The first-order valence-corrected chi connectivity index (χ1v) is 10.7. The fourth-order valence-electron chi connectivity index (χ4n) is 3.04. The van der Waals surface area contributed by atoms with Crippen LogP contribution in [0.5, 0.6) is 5.75 Å². The van der Waals surface area contributed by atoms with Gasteiger partial charge in [-0.15, -0.1) is 0 Å². The molecule has 9 heteroatoms. The third-order valence-electron chi connectivity index (χ3n) is 4.48. The van der Waals surface area contributed by atoms with Crippen LogP contribution in [0.1, 0.15) is 5.56 Å². The van der Waals surface area contributed by atoms with Gasteiger partial charge in [0.2, 0.25) is 11.8 Å². The van der Waals surface area contributed by atoms with Crippen LogP contribution in [0.3, 0.4) is 0 Å². The Morgan fingerprint density at radius 3 is 2.59 bits per heavy atom. The molecule has 0 radical (unpaired) electrons. The highest BCUT2D eigenvalue weighted by Crippen LogP contribution is 2.34. The van der Waals surface area contributed by atoms with Crippen molar-refractivity contribution in [2.45, 2.75) is 0 Å². The summed E-state index contributed by atoms with van der Waals surface area (Å²) in [5, 5.41) is 4.43. The van der Waals surface area contributed by atoms with Crippen LogP contribution in [0, 0.1) is 0 Å². The lowest BCUT2D eigenvalue weighted by atomic mass is 10.1. The van der Waals surface area contributed by atoms with Crippen LogP contribution in [0.25, 0.3) is 28.6 Å². The first-order chi connectivity index (χ1) is 15.3. The number of anilines is 1. The van der Waals surface area contributed by atoms with Gasteiger partial charge < -0.3 is 14.5 Å². The van der Waals surface area contributed by atoms with Crippen molar-refractivity contribution in [3.63, 3.8) is 0 Å². The van der Waals surface area contributed by atoms with Gasteiger partial charge in [0, 0.05) is 27.2 Å². The zero-order chi connectivity index (χ0) is 22.8. The molecule has 162 valence electrons. The Morgan fingerprint density at radius 2 is 1.81 bits per heavy atom. The van der Waals surface area contributed by atoms with E-state index in [2.05, 4.69) is 10.3 Å². The molecule has 0 atom stereocenters. The number of aromatic nitrogens is 1. The van der Waals surface area contributed by atoms with Gasteiger partial charge in [0.15, 0.2) is 5.58 Å². The Kier molecular flexibility index (Phi) is 6.63. The maximum atomic E-state index is 12.5. The normalized spacial score (nSPS) is 11.3. The van der Waals surface area contributed by atoms with Gasteiger partial charge in [0.05, 0.1) is 22.8 Å². The maximum Gasteiger partial charge on any atom is 0.248 e. The number of rotatable bonds is 5. The second kappa shape index (κ2) is 9.43. The molecule has 4 rings (SSSR count). The molecule has 0 saturated heterocycles. The molecular formula is C23H14Cl4N2O3. The molecule has 0 saturated carbocycles. The molecule has 0 aliphatic heterocycles. The number of carbonyl (C=O) groups is 1. The van der Waals surface area contributed by atoms with Gasteiger partial charge in [0.25, 0.3) is 0 Å². The Labute approximate surface area is 203 Å². The number of fused-ring (bicyclic) bond motifs is 1. The first kappa shape index (κ1) is 22.5. The number of nitrogens with one attached hydrogen (secondary N) is 1. The van der Waals surface area contributed by atoms with E-state index in [9.17, 15) is 4.79 Å². The second-order valence-corrected chi connectivity index (χ2v) is 8.35. The molecule has 1 heterocycles. The van der Waals surface area contributed by atoms with Crippen molar-refractivity contribution in [2.24, 2.45) is 0 Å². The summed E-state index contributed by atoms with van der Waals surface area (Å²) in [4.78, 5) is 17.0. The smallest absolute Gasteiger partial charge is 0.248 e. The average Bonchev–Trinajstić information content (AvgIpc) is 3.16. The Hall–Kier alpha value is -2.70. The Morgan fingerprint density at radius 1 is 1.00 bits per heavy atom. The highest BCUT2D eigenvalue weighted by Gasteiger charge is 2.13. The standard InChI is InChI=1S/C23H14Cl4N2O3/c1-31-22-12(8-15(25)10-17(22)27)3-7-21(30)28-18-9-13(2-5-16(18)26)23-29-19-11-14(24)4-6-20(19)32-23/h2-11H,1H3,(H,28,30). The van der Waals surface area contributed by atoms with Gasteiger partial charge >= 0.3 is 0 Å². The summed E-state index contributed by atoms with van der Waals surface area (Å²) in [5.41, 5.74) is 2.83. The Bertz CT molecular complexity index is 1370. The molecule has 32 heavy (non-hydrogen) atoms. The van der Waals surface area contributed by atoms with E-state index in [-0.39, 0.29) is 0 Å². The van der Waals surface area contributed by atoms with E-state index in [0.29, 0.717) is 59.6 Å². The number of oxazole rings is 1. The van der Waals surface area contributed by atoms with Crippen molar-refractivity contribution in [2.75, 3.05) is 12.4 Å². The van der Waals surface area contributed by atoms with E-state index in [1.165, 1.54) is 13.2 Å². The first-order valence-electron chi connectivity index (χ1n) is 9.22. The minimum absolute atomic E-state index is 0.343. The van der Waals surface area contributed by atoms with Gasteiger partial charge in [0.1, 0.15) is 11.3 Å². The van der Waals surface area contributed by atoms with Crippen LogP contribution in [0.15, 0.2) is 59.0 Å². The van der Waals surface area contributed by atoms with Crippen LogP contribution in [0.2, 0.25) is 20.1 Å². The molecule has 3 aromatic carbocycles. The largest absolute Gasteiger partial charge is 0.495 e. The lowest BCUT2D eigenvalue weighted by Gasteiger charge is -2.08. The Balaban J connectivity index is 1.58. The van der Waals surface area contributed by atoms with E-state index in [4.69, 9.17) is 55.6 Å². The van der Waals surface area contributed by atoms with Gasteiger partial charge in [-0.3, -0.25) is 4.79 Å². The monoisotopic (exact) mass is 506 g/mol. The summed E-state index contributed by atoms with van der Waals surface area (Å²) < 4.78 is 11.1. The topological polar surface area (TPSA) is 64.4 Å². The molecule has 4 aromatic rings. The average molecular weight is 508 g/mol. The number of ether oxygens (including phenoxy) is 1. The van der Waals surface area contributed by atoms with E-state index in [1.807, 2.05) is 0 Å². The van der Waals surface area contributed by atoms with Gasteiger partial charge in [-0.2, -0.15) is 0 Å². The zero-order valence-electron chi connectivity index (χ0n) is 16.5. The molecule has 0 aliphatic carbocycles. The number of hydrogen-bond acceptors (Lipinski definition) is 4. The molecule has 1 N–H and O–H groups in total. The number of amides is 1. The second-order valence-electron chi connectivity index (χ2n) is 6.66. The predicted molar refractivity (Wildman–Crippen MR) is 130 cm³/mol. The summed E-state index contributed by atoms with van der Waals surface area (Å²) in [6.45, 7) is 0. The summed E-state index contributed by atoms with van der Waals surface area (Å²) >= 11 is 24.5. The maximum absolute atomic E-state index is 12.5. The molecule has 0 bridgehead atoms. The van der Waals surface area contributed by atoms with E-state index >= 15 is 0 Å². The van der Waals surface area contributed by atoms with Gasteiger partial charge in [-0.1, -0.05) is 46.4 Å². The minimum atomic E-state index is -0.411. The highest BCUT2D eigenvalue weighted by atomic mass is 35.5. The van der Waals surface area contributed by atoms with Crippen LogP contribution in [0.4, 0.5) is 5.69 Å². The summed E-state index contributed by atoms with van der Waals surface area (Å²) in [6, 6.07) is 13.5. The predicted octanol–water partition coefficient (Wildman–Crippen LogP) is 7.77. The number of benzene rings is 3. The number of nitrogens with zero attached hydrogens (tertiary/aromatic N) is 1. The van der Waals surface area contributed by atoms with E-state index < -0.39 is 5.91 Å². The quantitative estimate of drug-likeness (QED) is 0.280. The van der Waals surface area contributed by atoms with Crippen LogP contribution < -0.4 is 10.1 Å². The third kappa shape index (κ3) is 4.87. The van der Waals surface area contributed by atoms with Crippen molar-refractivity contribution < 1.29 is 13.9 Å². The van der Waals surface area contributed by atoms with Crippen LogP contribution >= 0.6 is 46.4 Å². The fourth-order valence-corrected chi connectivity index (χ4v) is 3.95. The number of methoxy groups -OCH3 is 1. The van der Waals surface area contributed by atoms with Gasteiger partial charge in [-0.25, -0.2) is 4.98 Å². The molecule has 1 amide bonds. The lowest BCUT2D eigenvalue weighted by Crippen LogP contribution is -2.08. The van der Waals surface area contributed by atoms with Crippen LogP contribution in [-0.2, 0) is 4.79 Å². The number of carbonyl (C=O) groups excluding carboxylic acids is 1. The van der Waals surface area contributed by atoms with Crippen LogP contribution in [-0.4, -0.2) is 18.0 Å². The molecule has 0 aliphatic rings. The molecule has 0 spiro atoms. The van der Waals surface area contributed by atoms with Gasteiger partial charge in [-0.05, 0) is 54.6 Å². The van der Waals surface area contributed by atoms with Crippen molar-refractivity contribution in [3.05, 3.63) is 80.3 Å². The molecule has 5 nitrogen and oxygen atoms in total. The van der Waals surface area contributed by atoms with E-state index in [0.717, 1.165) is 0 Å². The molecule has 1 aromatic heterocycles.